The van der Waals surface area contributed by atoms with Gasteiger partial charge in [-0.15, -0.1) is 0 Å². The van der Waals surface area contributed by atoms with Crippen LogP contribution in [0.4, 0.5) is 15.9 Å². The van der Waals surface area contributed by atoms with Crippen LogP contribution in [0.15, 0.2) is 30.6 Å². The molecule has 1 saturated heterocycles. The topological polar surface area (TPSA) is 59.5 Å². The fourth-order valence-corrected chi connectivity index (χ4v) is 5.50. The first-order valence-electron chi connectivity index (χ1n) is 12.0. The second kappa shape index (κ2) is 11.1. The van der Waals surface area contributed by atoms with Crippen molar-refractivity contribution in [1.29, 1.82) is 0 Å². The lowest BCUT2D eigenvalue weighted by Gasteiger charge is -2.17. The van der Waals surface area contributed by atoms with E-state index in [4.69, 9.17) is 32.7 Å². The number of nitrogens with one attached hydrogen (secondary N) is 1. The molecule has 1 aliphatic carbocycles. The lowest BCUT2D eigenvalue weighted by atomic mass is 10.0. The van der Waals surface area contributed by atoms with E-state index in [1.807, 2.05) is 19.9 Å². The molecular weight excluding hydrogens is 490 g/mol. The van der Waals surface area contributed by atoms with Gasteiger partial charge in [-0.2, -0.15) is 0 Å². The van der Waals surface area contributed by atoms with Crippen LogP contribution in [0.1, 0.15) is 26.7 Å². The number of aromatic nitrogens is 2. The second-order valence-electron chi connectivity index (χ2n) is 8.98. The molecule has 1 aromatic heterocycles. The summed E-state index contributed by atoms with van der Waals surface area (Å²) in [4.78, 5) is 11.1. The average molecular weight is 521 g/mol. The molecule has 2 unspecified atom stereocenters. The Morgan fingerprint density at radius 3 is 2.49 bits per heavy atom. The van der Waals surface area contributed by atoms with Crippen LogP contribution in [0.2, 0.25) is 10.0 Å². The summed E-state index contributed by atoms with van der Waals surface area (Å²) in [5.41, 5.74) is 0.829. The Morgan fingerprint density at radius 2 is 1.80 bits per heavy atom. The van der Waals surface area contributed by atoms with Crippen molar-refractivity contribution in [2.75, 3.05) is 39.2 Å². The Balaban J connectivity index is 0.00000141. The van der Waals surface area contributed by atoms with Gasteiger partial charge in [0.25, 0.3) is 0 Å². The van der Waals surface area contributed by atoms with Gasteiger partial charge >= 0.3 is 0 Å². The van der Waals surface area contributed by atoms with Crippen LogP contribution in [0.5, 0.6) is 11.5 Å². The molecule has 3 aromatic rings. The van der Waals surface area contributed by atoms with E-state index in [2.05, 4.69) is 27.2 Å². The lowest BCUT2D eigenvalue weighted by Crippen LogP contribution is -2.18. The molecule has 0 amide bonds. The van der Waals surface area contributed by atoms with Gasteiger partial charge in [0.1, 0.15) is 12.1 Å². The molecule has 2 fully saturated rings. The van der Waals surface area contributed by atoms with E-state index in [9.17, 15) is 4.39 Å². The smallest absolute Gasteiger partial charge is 0.166 e. The number of anilines is 2. The summed E-state index contributed by atoms with van der Waals surface area (Å²) in [6, 6.07) is 6.69. The van der Waals surface area contributed by atoms with Crippen molar-refractivity contribution in [1.82, 2.24) is 14.9 Å². The summed E-state index contributed by atoms with van der Waals surface area (Å²) in [6.07, 6.45) is 3.83. The van der Waals surface area contributed by atoms with Crippen molar-refractivity contribution in [3.05, 3.63) is 46.5 Å². The highest BCUT2D eigenvalue weighted by Gasteiger charge is 2.39. The molecule has 6 nitrogen and oxygen atoms in total. The zero-order valence-electron chi connectivity index (χ0n) is 20.4. The zero-order valence-corrected chi connectivity index (χ0v) is 22.0. The number of halogens is 3. The predicted octanol–water partition coefficient (Wildman–Crippen LogP) is 6.82. The van der Waals surface area contributed by atoms with Crippen LogP contribution in [-0.4, -0.2) is 48.7 Å². The van der Waals surface area contributed by atoms with Crippen LogP contribution >= 0.6 is 23.2 Å². The number of fused-ring (bicyclic) bond motifs is 2. The first kappa shape index (κ1) is 25.7. The van der Waals surface area contributed by atoms with E-state index in [1.54, 1.807) is 13.2 Å². The first-order valence-corrected chi connectivity index (χ1v) is 12.7. The van der Waals surface area contributed by atoms with Gasteiger partial charge in [0.2, 0.25) is 0 Å². The van der Waals surface area contributed by atoms with Crippen molar-refractivity contribution in [3.63, 3.8) is 0 Å². The molecule has 2 atom stereocenters. The number of ether oxygens (including phenoxy) is 2. The van der Waals surface area contributed by atoms with Gasteiger partial charge in [-0.3, -0.25) is 0 Å². The molecule has 9 heteroatoms. The third-order valence-corrected chi connectivity index (χ3v) is 7.50. The molecular formula is C26H31Cl2FN4O2. The molecule has 2 heterocycles. The summed E-state index contributed by atoms with van der Waals surface area (Å²) in [5, 5.41) is 3.66. The summed E-state index contributed by atoms with van der Waals surface area (Å²) in [5.74, 6) is 3.12. The van der Waals surface area contributed by atoms with Gasteiger partial charge in [-0.1, -0.05) is 37.0 Å². The normalized spacial score (nSPS) is 21.4. The Morgan fingerprint density at radius 1 is 1.09 bits per heavy atom. The summed E-state index contributed by atoms with van der Waals surface area (Å²) in [6.45, 7) is 7.03. The minimum absolute atomic E-state index is 0.143. The molecule has 0 bridgehead atoms. The average Bonchev–Trinajstić information content (AvgIpc) is 3.40. The quantitative estimate of drug-likeness (QED) is 0.359. The molecule has 188 valence electrons. The number of hydrogen-bond acceptors (Lipinski definition) is 6. The van der Waals surface area contributed by atoms with E-state index in [0.717, 1.165) is 11.8 Å². The number of hydrogen-bond donors (Lipinski definition) is 1. The van der Waals surface area contributed by atoms with Crippen LogP contribution < -0.4 is 14.8 Å². The van der Waals surface area contributed by atoms with Gasteiger partial charge in [0.05, 0.1) is 35.0 Å². The van der Waals surface area contributed by atoms with E-state index < -0.39 is 5.82 Å². The van der Waals surface area contributed by atoms with Crippen molar-refractivity contribution >= 4 is 45.6 Å². The summed E-state index contributed by atoms with van der Waals surface area (Å²) >= 11 is 11.8. The van der Waals surface area contributed by atoms with Crippen LogP contribution in [0, 0.1) is 23.6 Å². The molecule has 1 saturated carbocycles. The number of benzene rings is 2. The lowest BCUT2D eigenvalue weighted by molar-refractivity contribution is 0.227. The number of likely N-dealkylation sites (tertiary alicyclic amines) is 1. The molecule has 2 aliphatic rings. The fourth-order valence-electron chi connectivity index (χ4n) is 5.19. The minimum atomic E-state index is -0.643. The molecule has 0 radical (unpaired) electrons. The highest BCUT2D eigenvalue weighted by molar-refractivity contribution is 6.42. The minimum Gasteiger partial charge on any atom is -0.493 e. The largest absolute Gasteiger partial charge is 0.493 e. The fraction of sp³-hybridized carbons (Fsp3) is 0.462. The predicted molar refractivity (Wildman–Crippen MR) is 140 cm³/mol. The van der Waals surface area contributed by atoms with Crippen molar-refractivity contribution < 1.29 is 13.9 Å². The Bertz CT molecular complexity index is 1180. The van der Waals surface area contributed by atoms with Crippen LogP contribution in [0.25, 0.3) is 10.9 Å². The molecule has 1 aliphatic heterocycles. The monoisotopic (exact) mass is 520 g/mol. The summed E-state index contributed by atoms with van der Waals surface area (Å²) < 4.78 is 26.3. The van der Waals surface area contributed by atoms with Crippen molar-refractivity contribution in [2.24, 2.45) is 17.8 Å². The highest BCUT2D eigenvalue weighted by Crippen LogP contribution is 2.42. The SMILES string of the molecule is CC.COc1cc2c(Nc3ccc(Cl)c(Cl)c3F)ncnc2cc1OCC1CC2CN(C)CC2C1. The maximum atomic E-state index is 14.5. The molecule has 2 aromatic carbocycles. The second-order valence-corrected chi connectivity index (χ2v) is 9.77. The Kier molecular flexibility index (Phi) is 8.19. The van der Waals surface area contributed by atoms with Crippen LogP contribution in [0.3, 0.4) is 0 Å². The maximum Gasteiger partial charge on any atom is 0.166 e. The van der Waals surface area contributed by atoms with Gasteiger partial charge in [0, 0.05) is 24.5 Å². The van der Waals surface area contributed by atoms with E-state index in [0.29, 0.717) is 40.7 Å². The van der Waals surface area contributed by atoms with Gasteiger partial charge < -0.3 is 19.7 Å². The third-order valence-electron chi connectivity index (χ3n) is 6.71. The Labute approximate surface area is 215 Å². The number of methoxy groups -OCH3 is 1. The van der Waals surface area contributed by atoms with E-state index >= 15 is 0 Å². The molecule has 1 N–H and O–H groups in total. The third kappa shape index (κ3) is 5.42. The number of nitrogens with zero attached hydrogens (tertiary/aromatic N) is 3. The Hall–Kier alpha value is -2.35. The van der Waals surface area contributed by atoms with E-state index in [-0.39, 0.29) is 15.7 Å². The van der Waals surface area contributed by atoms with E-state index in [1.165, 1.54) is 44.4 Å². The first-order chi connectivity index (χ1) is 16.9. The highest BCUT2D eigenvalue weighted by atomic mass is 35.5. The number of rotatable bonds is 6. The van der Waals surface area contributed by atoms with Crippen LogP contribution in [-0.2, 0) is 0 Å². The van der Waals surface area contributed by atoms with Gasteiger partial charge in [0.15, 0.2) is 17.3 Å². The zero-order chi connectivity index (χ0) is 25.1. The standard InChI is InChI=1S/C24H25Cl2FN4O2.C2H6/c1-31-9-14-5-13(6-15(14)10-31)11-33-21-8-19-16(7-20(21)32-2)24(29-12-28-19)30-18-4-3-17(25)22(26)23(18)27;1-2/h3-4,7-8,12-15H,5-6,9-11H2,1-2H3,(H,28,29,30);1-2H3. The van der Waals surface area contributed by atoms with Crippen molar-refractivity contribution in [2.45, 2.75) is 26.7 Å². The maximum absolute atomic E-state index is 14.5. The molecule has 5 rings (SSSR count). The van der Waals surface area contributed by atoms with Gasteiger partial charge in [-0.25, -0.2) is 14.4 Å². The van der Waals surface area contributed by atoms with Gasteiger partial charge in [-0.05, 0) is 55.8 Å². The molecule has 0 spiro atoms. The van der Waals surface area contributed by atoms with Crippen molar-refractivity contribution in [3.8, 4) is 11.5 Å². The summed E-state index contributed by atoms with van der Waals surface area (Å²) in [7, 11) is 3.80. The molecule has 35 heavy (non-hydrogen) atoms.